The maximum absolute atomic E-state index is 12.5. The minimum Gasteiger partial charge on any atom is -0.325 e. The van der Waals surface area contributed by atoms with Crippen molar-refractivity contribution in [2.45, 2.75) is 6.42 Å². The number of hydrogen-bond donors (Lipinski definition) is 1. The Kier molecular flexibility index (Phi) is 5.22. The maximum Gasteiger partial charge on any atom is 0.228 e. The number of aromatic nitrogens is 2. The van der Waals surface area contributed by atoms with Gasteiger partial charge in [-0.2, -0.15) is 5.10 Å². The third kappa shape index (κ3) is 4.13. The molecule has 5 heteroatoms. The molecule has 138 valence electrons. The van der Waals surface area contributed by atoms with E-state index in [4.69, 9.17) is 11.6 Å². The predicted octanol–water partition coefficient (Wildman–Crippen LogP) is 5.37. The van der Waals surface area contributed by atoms with E-state index in [2.05, 4.69) is 10.4 Å². The van der Waals surface area contributed by atoms with Crippen LogP contribution in [0.5, 0.6) is 0 Å². The van der Waals surface area contributed by atoms with Crippen LogP contribution >= 0.6 is 11.6 Å². The van der Waals surface area contributed by atoms with Crippen LogP contribution in [-0.4, -0.2) is 15.7 Å². The van der Waals surface area contributed by atoms with E-state index in [0.717, 1.165) is 28.1 Å². The number of carbonyl (C=O) groups is 1. The molecule has 1 N–H and O–H groups in total. The summed E-state index contributed by atoms with van der Waals surface area (Å²) < 4.78 is 1.79. The van der Waals surface area contributed by atoms with Crippen LogP contribution in [0.25, 0.3) is 16.8 Å². The van der Waals surface area contributed by atoms with E-state index in [1.807, 2.05) is 85.1 Å². The molecule has 0 saturated carbocycles. The lowest BCUT2D eigenvalue weighted by molar-refractivity contribution is -0.115. The van der Waals surface area contributed by atoms with Gasteiger partial charge in [0, 0.05) is 28.0 Å². The minimum absolute atomic E-state index is 0.0521. The molecular weight excluding hydrogens is 370 g/mol. The fourth-order valence-corrected chi connectivity index (χ4v) is 3.14. The normalized spacial score (nSPS) is 10.6. The van der Waals surface area contributed by atoms with E-state index in [9.17, 15) is 4.79 Å². The number of amides is 1. The number of nitrogens with zero attached hydrogens (tertiary/aromatic N) is 2. The minimum atomic E-state index is -0.0521. The maximum atomic E-state index is 12.5. The first-order valence-electron chi connectivity index (χ1n) is 8.93. The van der Waals surface area contributed by atoms with Crippen molar-refractivity contribution in [3.8, 4) is 16.8 Å². The third-order valence-corrected chi connectivity index (χ3v) is 4.65. The van der Waals surface area contributed by atoms with Crippen molar-refractivity contribution in [3.63, 3.8) is 0 Å². The first-order valence-corrected chi connectivity index (χ1v) is 9.30. The van der Waals surface area contributed by atoms with Gasteiger partial charge in [-0.15, -0.1) is 0 Å². The number of para-hydroxylation sites is 1. The number of anilines is 1. The second-order valence-electron chi connectivity index (χ2n) is 6.41. The van der Waals surface area contributed by atoms with Gasteiger partial charge in [0.25, 0.3) is 0 Å². The van der Waals surface area contributed by atoms with Crippen LogP contribution in [0.2, 0.25) is 5.02 Å². The van der Waals surface area contributed by atoms with Crippen LogP contribution in [0.3, 0.4) is 0 Å². The van der Waals surface area contributed by atoms with Gasteiger partial charge in [0.05, 0.1) is 18.3 Å². The SMILES string of the molecule is O=C(Cc1ccccc1)Nc1ccccc1-c1cnn(-c2ccc(Cl)cc2)c1. The molecule has 0 aliphatic rings. The largest absolute Gasteiger partial charge is 0.325 e. The zero-order chi connectivity index (χ0) is 19.3. The molecule has 4 aromatic rings. The Labute approximate surface area is 168 Å². The van der Waals surface area contributed by atoms with Gasteiger partial charge in [-0.05, 0) is 35.9 Å². The van der Waals surface area contributed by atoms with Crippen molar-refractivity contribution in [2.75, 3.05) is 5.32 Å². The fourth-order valence-electron chi connectivity index (χ4n) is 3.02. The molecule has 0 aliphatic carbocycles. The lowest BCUT2D eigenvalue weighted by Gasteiger charge is -2.10. The molecule has 0 fully saturated rings. The van der Waals surface area contributed by atoms with Gasteiger partial charge in [-0.25, -0.2) is 4.68 Å². The molecule has 1 amide bonds. The van der Waals surface area contributed by atoms with Crippen molar-refractivity contribution >= 4 is 23.2 Å². The Hall–Kier alpha value is -3.37. The Morgan fingerprint density at radius 3 is 2.43 bits per heavy atom. The van der Waals surface area contributed by atoms with Crippen LogP contribution in [0, 0.1) is 0 Å². The van der Waals surface area contributed by atoms with Crippen molar-refractivity contribution < 1.29 is 4.79 Å². The monoisotopic (exact) mass is 387 g/mol. The summed E-state index contributed by atoms with van der Waals surface area (Å²) in [6.45, 7) is 0. The smallest absolute Gasteiger partial charge is 0.228 e. The number of benzene rings is 3. The summed E-state index contributed by atoms with van der Waals surface area (Å²) in [6, 6.07) is 24.9. The van der Waals surface area contributed by atoms with Crippen LogP contribution in [0.4, 0.5) is 5.69 Å². The molecule has 1 heterocycles. The molecule has 0 spiro atoms. The highest BCUT2D eigenvalue weighted by Gasteiger charge is 2.11. The summed E-state index contributed by atoms with van der Waals surface area (Å²) in [5.41, 5.74) is 4.50. The zero-order valence-electron chi connectivity index (χ0n) is 15.0. The van der Waals surface area contributed by atoms with Gasteiger partial charge in [0.1, 0.15) is 0 Å². The van der Waals surface area contributed by atoms with E-state index in [-0.39, 0.29) is 5.91 Å². The topological polar surface area (TPSA) is 46.9 Å². The highest BCUT2D eigenvalue weighted by molar-refractivity contribution is 6.30. The number of hydrogen-bond acceptors (Lipinski definition) is 2. The molecule has 0 radical (unpaired) electrons. The Morgan fingerprint density at radius 1 is 0.929 bits per heavy atom. The van der Waals surface area contributed by atoms with Gasteiger partial charge in [0.2, 0.25) is 5.91 Å². The van der Waals surface area contributed by atoms with Crippen LogP contribution in [0.15, 0.2) is 91.3 Å². The highest BCUT2D eigenvalue weighted by Crippen LogP contribution is 2.28. The molecule has 3 aromatic carbocycles. The quantitative estimate of drug-likeness (QED) is 0.500. The lowest BCUT2D eigenvalue weighted by atomic mass is 10.1. The zero-order valence-corrected chi connectivity index (χ0v) is 15.8. The van der Waals surface area contributed by atoms with E-state index < -0.39 is 0 Å². The van der Waals surface area contributed by atoms with Crippen molar-refractivity contribution in [3.05, 3.63) is 102 Å². The molecule has 4 rings (SSSR count). The van der Waals surface area contributed by atoms with Gasteiger partial charge in [-0.3, -0.25) is 4.79 Å². The summed E-state index contributed by atoms with van der Waals surface area (Å²) in [4.78, 5) is 12.5. The van der Waals surface area contributed by atoms with Crippen LogP contribution in [-0.2, 0) is 11.2 Å². The van der Waals surface area contributed by atoms with E-state index in [1.165, 1.54) is 0 Å². The summed E-state index contributed by atoms with van der Waals surface area (Å²) >= 11 is 5.96. The number of halogens is 1. The second-order valence-corrected chi connectivity index (χ2v) is 6.84. The molecule has 4 nitrogen and oxygen atoms in total. The first kappa shape index (κ1) is 18.0. The second kappa shape index (κ2) is 8.11. The first-order chi connectivity index (χ1) is 13.7. The molecule has 0 unspecified atom stereocenters. The molecule has 1 aromatic heterocycles. The molecule has 0 atom stereocenters. The van der Waals surface area contributed by atoms with Crippen LogP contribution < -0.4 is 5.32 Å². The Bertz CT molecular complexity index is 1090. The van der Waals surface area contributed by atoms with Gasteiger partial charge >= 0.3 is 0 Å². The molecule has 0 saturated heterocycles. The molecular formula is C23H18ClN3O. The standard InChI is InChI=1S/C23H18ClN3O/c24-19-10-12-20(13-11-19)27-16-18(15-25-27)21-8-4-5-9-22(21)26-23(28)14-17-6-2-1-3-7-17/h1-13,15-16H,14H2,(H,26,28). The van der Waals surface area contributed by atoms with Gasteiger partial charge in [-0.1, -0.05) is 60.1 Å². The Morgan fingerprint density at radius 2 is 1.64 bits per heavy atom. The Balaban J connectivity index is 1.56. The van der Waals surface area contributed by atoms with Crippen molar-refractivity contribution in [2.24, 2.45) is 0 Å². The number of nitrogens with one attached hydrogen (secondary N) is 1. The molecule has 0 bridgehead atoms. The van der Waals surface area contributed by atoms with Crippen molar-refractivity contribution in [1.82, 2.24) is 9.78 Å². The average Bonchev–Trinajstić information content (AvgIpc) is 3.19. The van der Waals surface area contributed by atoms with E-state index in [1.54, 1.807) is 10.9 Å². The number of carbonyl (C=O) groups excluding carboxylic acids is 1. The van der Waals surface area contributed by atoms with Crippen LogP contribution in [0.1, 0.15) is 5.56 Å². The lowest BCUT2D eigenvalue weighted by Crippen LogP contribution is -2.14. The summed E-state index contributed by atoms with van der Waals surface area (Å²) in [5.74, 6) is -0.0521. The highest BCUT2D eigenvalue weighted by atomic mass is 35.5. The summed E-state index contributed by atoms with van der Waals surface area (Å²) in [5, 5.41) is 8.14. The van der Waals surface area contributed by atoms with Gasteiger partial charge in [0.15, 0.2) is 0 Å². The van der Waals surface area contributed by atoms with E-state index >= 15 is 0 Å². The van der Waals surface area contributed by atoms with Crippen molar-refractivity contribution in [1.29, 1.82) is 0 Å². The van der Waals surface area contributed by atoms with E-state index in [0.29, 0.717) is 11.4 Å². The molecule has 28 heavy (non-hydrogen) atoms. The number of rotatable bonds is 5. The third-order valence-electron chi connectivity index (χ3n) is 4.39. The fraction of sp³-hybridized carbons (Fsp3) is 0.0435. The summed E-state index contributed by atoms with van der Waals surface area (Å²) in [7, 11) is 0. The van der Waals surface area contributed by atoms with Gasteiger partial charge < -0.3 is 5.32 Å². The molecule has 0 aliphatic heterocycles. The average molecular weight is 388 g/mol. The summed E-state index contributed by atoms with van der Waals surface area (Å²) in [6.07, 6.45) is 4.06. The predicted molar refractivity (Wildman–Crippen MR) is 113 cm³/mol.